The van der Waals surface area contributed by atoms with Crippen LogP contribution in [0.1, 0.15) is 0 Å². The number of hydrogen-bond donors (Lipinski definition) is 2. The summed E-state index contributed by atoms with van der Waals surface area (Å²) in [4.78, 5) is 26.6. The molecular formula is C14H6BrClN6O2. The summed E-state index contributed by atoms with van der Waals surface area (Å²) in [5, 5.41) is 19.2. The lowest BCUT2D eigenvalue weighted by atomic mass is 10.3. The molecule has 118 valence electrons. The molecule has 1 aliphatic heterocycles. The Hall–Kier alpha value is -2.65. The van der Waals surface area contributed by atoms with Gasteiger partial charge in [0.25, 0.3) is 5.91 Å². The van der Waals surface area contributed by atoms with Crippen molar-refractivity contribution in [3.63, 3.8) is 0 Å². The molecule has 10 heteroatoms. The van der Waals surface area contributed by atoms with Crippen molar-refractivity contribution in [2.75, 3.05) is 0 Å². The zero-order valence-corrected chi connectivity index (χ0v) is 14.0. The molecule has 0 saturated carbocycles. The van der Waals surface area contributed by atoms with Gasteiger partial charge in [-0.25, -0.2) is 9.97 Å². The van der Waals surface area contributed by atoms with E-state index in [2.05, 4.69) is 46.1 Å². The predicted molar refractivity (Wildman–Crippen MR) is 88.4 cm³/mol. The fraction of sp³-hybridized carbons (Fsp3) is 0. The molecule has 0 aliphatic carbocycles. The van der Waals surface area contributed by atoms with Crippen LogP contribution >= 0.6 is 27.5 Å². The Morgan fingerprint density at radius 2 is 2.04 bits per heavy atom. The third-order valence-electron chi connectivity index (χ3n) is 3.32. The van der Waals surface area contributed by atoms with Gasteiger partial charge in [0.2, 0.25) is 5.88 Å². The number of carbonyl (C=O) groups is 1. The highest BCUT2D eigenvalue weighted by atomic mass is 79.9. The fourth-order valence-corrected chi connectivity index (χ4v) is 2.77. The number of H-pyrrole nitrogens is 1. The lowest BCUT2D eigenvalue weighted by molar-refractivity contribution is -0.112. The highest BCUT2D eigenvalue weighted by Gasteiger charge is 2.18. The molecule has 0 saturated heterocycles. The number of nitrogens with zero attached hydrogens (tertiary/aromatic N) is 5. The van der Waals surface area contributed by atoms with Crippen LogP contribution in [0.3, 0.4) is 0 Å². The number of carbonyl (C=O) groups excluding carboxylic acids is 1. The molecule has 1 amide bonds. The van der Waals surface area contributed by atoms with Crippen LogP contribution in [0.2, 0.25) is 5.02 Å². The Labute approximate surface area is 146 Å². The van der Waals surface area contributed by atoms with Gasteiger partial charge >= 0.3 is 0 Å². The topological polar surface area (TPSA) is 116 Å². The van der Waals surface area contributed by atoms with Gasteiger partial charge in [-0.3, -0.25) is 4.79 Å². The quantitative estimate of drug-likeness (QED) is 0.635. The van der Waals surface area contributed by atoms with E-state index < -0.39 is 5.91 Å². The number of rotatable bonds is 2. The molecule has 0 unspecified atom stereocenters. The fourth-order valence-electron chi connectivity index (χ4n) is 2.28. The third-order valence-corrected chi connectivity index (χ3v) is 3.96. The number of hydrogen-bond acceptors (Lipinski definition) is 6. The molecule has 0 bridgehead atoms. The number of amides is 1. The van der Waals surface area contributed by atoms with E-state index in [1.807, 2.05) is 0 Å². The number of pyridine rings is 2. The first-order valence-electron chi connectivity index (χ1n) is 6.60. The van der Waals surface area contributed by atoms with Crippen molar-refractivity contribution in [2.24, 2.45) is 15.2 Å². The van der Waals surface area contributed by atoms with Gasteiger partial charge in [-0.15, -0.1) is 10.2 Å². The van der Waals surface area contributed by atoms with E-state index in [1.54, 1.807) is 12.1 Å². The Morgan fingerprint density at radius 3 is 2.88 bits per heavy atom. The maximum Gasteiger partial charge on any atom is 0.300 e. The molecule has 0 fully saturated rings. The van der Waals surface area contributed by atoms with Gasteiger partial charge in [-0.2, -0.15) is 4.99 Å². The monoisotopic (exact) mass is 404 g/mol. The highest BCUT2D eigenvalue weighted by Crippen LogP contribution is 2.36. The maximum absolute atomic E-state index is 12.0. The van der Waals surface area contributed by atoms with Gasteiger partial charge in [0.1, 0.15) is 5.65 Å². The summed E-state index contributed by atoms with van der Waals surface area (Å²) in [6, 6.07) is 3.27. The summed E-state index contributed by atoms with van der Waals surface area (Å²) < 4.78 is 0.685. The predicted octanol–water partition coefficient (Wildman–Crippen LogP) is 2.13. The molecule has 4 heterocycles. The third kappa shape index (κ3) is 2.38. The summed E-state index contributed by atoms with van der Waals surface area (Å²) in [7, 11) is 0. The minimum Gasteiger partial charge on any atom is -0.493 e. The van der Waals surface area contributed by atoms with Gasteiger partial charge in [-0.05, 0) is 28.1 Å². The zero-order chi connectivity index (χ0) is 16.8. The number of aromatic hydroxyl groups is 1. The Bertz CT molecular complexity index is 1170. The van der Waals surface area contributed by atoms with Crippen LogP contribution in [0.25, 0.3) is 16.7 Å². The minimum atomic E-state index is -0.546. The minimum absolute atomic E-state index is 0.0440. The lowest BCUT2D eigenvalue weighted by Gasteiger charge is -1.93. The van der Waals surface area contributed by atoms with Gasteiger partial charge in [-0.1, -0.05) is 11.6 Å². The Balaban J connectivity index is 1.89. The maximum atomic E-state index is 12.0. The molecule has 0 spiro atoms. The van der Waals surface area contributed by atoms with Crippen molar-refractivity contribution in [2.45, 2.75) is 0 Å². The molecule has 4 rings (SSSR count). The smallest absolute Gasteiger partial charge is 0.300 e. The van der Waals surface area contributed by atoms with Crippen LogP contribution in [-0.2, 0) is 4.79 Å². The second-order valence-electron chi connectivity index (χ2n) is 4.86. The van der Waals surface area contributed by atoms with Crippen LogP contribution in [0.5, 0.6) is 5.88 Å². The molecule has 2 N–H and O–H groups in total. The highest BCUT2D eigenvalue weighted by molar-refractivity contribution is 9.10. The molecule has 0 radical (unpaired) electrons. The first kappa shape index (κ1) is 14.9. The van der Waals surface area contributed by atoms with Crippen molar-refractivity contribution in [1.29, 1.82) is 0 Å². The van der Waals surface area contributed by atoms with Crippen LogP contribution in [0.15, 0.2) is 44.2 Å². The van der Waals surface area contributed by atoms with Crippen molar-refractivity contribution in [1.82, 2.24) is 15.0 Å². The van der Waals surface area contributed by atoms with E-state index in [1.165, 1.54) is 12.4 Å². The molecule has 1 aliphatic rings. The summed E-state index contributed by atoms with van der Waals surface area (Å²) in [6.07, 6.45) is 2.98. The summed E-state index contributed by atoms with van der Waals surface area (Å²) in [5.74, 6) is -0.770. The van der Waals surface area contributed by atoms with E-state index in [4.69, 9.17) is 11.6 Å². The number of aromatic nitrogens is 3. The van der Waals surface area contributed by atoms with Crippen LogP contribution in [0, 0.1) is 0 Å². The van der Waals surface area contributed by atoms with Crippen LogP contribution in [0.4, 0.5) is 5.69 Å². The summed E-state index contributed by atoms with van der Waals surface area (Å²) >= 11 is 9.20. The Kier molecular flexibility index (Phi) is 3.39. The SMILES string of the molecule is O=C1N=c2ncc(Br)cc2=C1N=Nc1c(O)[nH]c2ncc(Cl)cc12. The number of halogens is 2. The Morgan fingerprint density at radius 1 is 1.21 bits per heavy atom. The van der Waals surface area contributed by atoms with Gasteiger partial charge in [0.15, 0.2) is 16.9 Å². The first-order chi connectivity index (χ1) is 11.5. The molecule has 24 heavy (non-hydrogen) atoms. The second-order valence-corrected chi connectivity index (χ2v) is 6.21. The van der Waals surface area contributed by atoms with Crippen molar-refractivity contribution >= 4 is 55.9 Å². The van der Waals surface area contributed by atoms with Gasteiger partial charge in [0, 0.05) is 16.9 Å². The van der Waals surface area contributed by atoms with E-state index in [9.17, 15) is 9.90 Å². The summed E-state index contributed by atoms with van der Waals surface area (Å²) in [5.41, 5.74) is 0.868. The largest absolute Gasteiger partial charge is 0.493 e. The van der Waals surface area contributed by atoms with Crippen molar-refractivity contribution < 1.29 is 9.90 Å². The molecule has 3 aromatic heterocycles. The van der Waals surface area contributed by atoms with Crippen molar-refractivity contribution in [3.8, 4) is 5.88 Å². The number of azo groups is 1. The number of fused-ring (bicyclic) bond motifs is 2. The molecule has 8 nitrogen and oxygen atoms in total. The zero-order valence-electron chi connectivity index (χ0n) is 11.7. The molecule has 3 aromatic rings. The molecular weight excluding hydrogens is 400 g/mol. The van der Waals surface area contributed by atoms with E-state index in [-0.39, 0.29) is 22.8 Å². The number of nitrogens with one attached hydrogen (secondary N) is 1. The molecule has 0 aromatic carbocycles. The molecule has 0 atom stereocenters. The van der Waals surface area contributed by atoms with Crippen LogP contribution in [-0.4, -0.2) is 26.0 Å². The van der Waals surface area contributed by atoms with Gasteiger partial charge < -0.3 is 10.1 Å². The standard InChI is InChI=1S/C14H6BrClN6O2/c15-5-1-7-9(13(23)19-11(7)17-3-5)21-22-10-8-2-6(16)4-18-12(8)20-14(10)24/h1-4,24H,(H,18,20). The van der Waals surface area contributed by atoms with Crippen LogP contribution < -0.4 is 10.7 Å². The van der Waals surface area contributed by atoms with Crippen molar-refractivity contribution in [3.05, 3.63) is 44.7 Å². The number of aromatic amines is 1. The van der Waals surface area contributed by atoms with Gasteiger partial charge in [0.05, 0.1) is 15.6 Å². The lowest BCUT2D eigenvalue weighted by Crippen LogP contribution is -2.25. The van der Waals surface area contributed by atoms with E-state index >= 15 is 0 Å². The average molecular weight is 406 g/mol. The average Bonchev–Trinajstić information content (AvgIpc) is 3.01. The second kappa shape index (κ2) is 5.46. The van der Waals surface area contributed by atoms with E-state index in [0.717, 1.165) is 0 Å². The normalized spacial score (nSPS) is 13.8. The summed E-state index contributed by atoms with van der Waals surface area (Å²) in [6.45, 7) is 0. The first-order valence-corrected chi connectivity index (χ1v) is 7.77. The van der Waals surface area contributed by atoms with E-state index in [0.29, 0.717) is 25.7 Å².